The SMILES string of the molecule is C=CC1=C(C)/C(=C/C)CC(C)C1. The van der Waals surface area contributed by atoms with Crippen LogP contribution in [0.25, 0.3) is 0 Å². The van der Waals surface area contributed by atoms with Crippen molar-refractivity contribution in [2.75, 3.05) is 0 Å². The first kappa shape index (κ1) is 9.31. The molecule has 0 spiro atoms. The van der Waals surface area contributed by atoms with E-state index < -0.39 is 0 Å². The normalized spacial score (nSPS) is 27.9. The smallest absolute Gasteiger partial charge is 0.0247 e. The van der Waals surface area contributed by atoms with Crippen molar-refractivity contribution in [1.29, 1.82) is 0 Å². The zero-order valence-electron chi connectivity index (χ0n) is 8.35. The van der Waals surface area contributed by atoms with Crippen LogP contribution in [0.4, 0.5) is 0 Å². The van der Waals surface area contributed by atoms with Gasteiger partial charge in [-0.2, -0.15) is 0 Å². The Hall–Kier alpha value is -0.780. The number of hydrogen-bond acceptors (Lipinski definition) is 0. The molecule has 0 radical (unpaired) electrons. The van der Waals surface area contributed by atoms with E-state index in [0.29, 0.717) is 0 Å². The van der Waals surface area contributed by atoms with Gasteiger partial charge >= 0.3 is 0 Å². The molecular weight excluding hydrogens is 144 g/mol. The minimum absolute atomic E-state index is 0.785. The Morgan fingerprint density at radius 3 is 2.58 bits per heavy atom. The lowest BCUT2D eigenvalue weighted by Gasteiger charge is -2.23. The minimum Gasteiger partial charge on any atom is -0.0988 e. The predicted octanol–water partition coefficient (Wildman–Crippen LogP) is 3.87. The Bertz CT molecular complexity index is 241. The number of hydrogen-bond donors (Lipinski definition) is 0. The molecule has 66 valence electrons. The summed E-state index contributed by atoms with van der Waals surface area (Å²) in [7, 11) is 0. The molecular formula is C12H18. The van der Waals surface area contributed by atoms with E-state index in [1.165, 1.54) is 29.6 Å². The lowest BCUT2D eigenvalue weighted by molar-refractivity contribution is 0.557. The highest BCUT2D eigenvalue weighted by atomic mass is 14.2. The van der Waals surface area contributed by atoms with Crippen molar-refractivity contribution in [3.63, 3.8) is 0 Å². The number of rotatable bonds is 1. The minimum atomic E-state index is 0.785. The maximum atomic E-state index is 3.85. The molecule has 0 nitrogen and oxygen atoms in total. The molecule has 0 N–H and O–H groups in total. The van der Waals surface area contributed by atoms with Crippen molar-refractivity contribution >= 4 is 0 Å². The molecule has 0 saturated carbocycles. The fraction of sp³-hybridized carbons (Fsp3) is 0.500. The lowest BCUT2D eigenvalue weighted by Crippen LogP contribution is -2.07. The quantitative estimate of drug-likeness (QED) is 0.549. The van der Waals surface area contributed by atoms with Crippen LogP contribution >= 0.6 is 0 Å². The fourth-order valence-electron chi connectivity index (χ4n) is 1.91. The summed E-state index contributed by atoms with van der Waals surface area (Å²) in [6.07, 6.45) is 6.68. The van der Waals surface area contributed by atoms with Gasteiger partial charge < -0.3 is 0 Å². The van der Waals surface area contributed by atoms with Crippen molar-refractivity contribution in [1.82, 2.24) is 0 Å². The molecule has 0 bridgehead atoms. The number of allylic oxidation sites excluding steroid dienone is 5. The molecule has 0 aromatic carbocycles. The fourth-order valence-corrected chi connectivity index (χ4v) is 1.91. The molecule has 0 aromatic rings. The van der Waals surface area contributed by atoms with E-state index in [0.717, 1.165) is 5.92 Å². The summed E-state index contributed by atoms with van der Waals surface area (Å²) >= 11 is 0. The van der Waals surface area contributed by atoms with Gasteiger partial charge in [-0.15, -0.1) is 0 Å². The summed E-state index contributed by atoms with van der Waals surface area (Å²) in [5, 5.41) is 0. The average molecular weight is 162 g/mol. The maximum absolute atomic E-state index is 3.85. The summed E-state index contributed by atoms with van der Waals surface area (Å²) in [5.41, 5.74) is 4.39. The highest BCUT2D eigenvalue weighted by Gasteiger charge is 2.16. The van der Waals surface area contributed by atoms with Crippen LogP contribution in [0.1, 0.15) is 33.6 Å². The standard InChI is InChI=1S/C12H18/c1-5-11-7-9(3)8-12(6-2)10(11)4/h5-6,9H,1,7-8H2,2-4H3/b12-6+. The summed E-state index contributed by atoms with van der Waals surface area (Å²) in [4.78, 5) is 0. The van der Waals surface area contributed by atoms with Gasteiger partial charge in [0.1, 0.15) is 0 Å². The van der Waals surface area contributed by atoms with E-state index in [1.807, 2.05) is 6.08 Å². The van der Waals surface area contributed by atoms with Gasteiger partial charge in [0.2, 0.25) is 0 Å². The zero-order valence-corrected chi connectivity index (χ0v) is 8.35. The summed E-state index contributed by atoms with van der Waals surface area (Å²) in [6.45, 7) is 10.5. The highest BCUT2D eigenvalue weighted by molar-refractivity contribution is 5.40. The van der Waals surface area contributed by atoms with Crippen molar-refractivity contribution in [2.24, 2.45) is 5.92 Å². The molecule has 0 fully saturated rings. The van der Waals surface area contributed by atoms with E-state index in [-0.39, 0.29) is 0 Å². The van der Waals surface area contributed by atoms with Crippen LogP contribution in [0, 0.1) is 5.92 Å². The van der Waals surface area contributed by atoms with Gasteiger partial charge in [0, 0.05) is 0 Å². The largest absolute Gasteiger partial charge is 0.0988 e. The molecule has 0 aromatic heterocycles. The predicted molar refractivity (Wildman–Crippen MR) is 55.1 cm³/mol. The second-order valence-electron chi connectivity index (χ2n) is 3.68. The highest BCUT2D eigenvalue weighted by Crippen LogP contribution is 2.33. The first-order valence-corrected chi connectivity index (χ1v) is 4.66. The molecule has 0 heterocycles. The summed E-state index contributed by atoms with van der Waals surface area (Å²) < 4.78 is 0. The molecule has 1 rings (SSSR count). The molecule has 0 amide bonds. The monoisotopic (exact) mass is 162 g/mol. The van der Waals surface area contributed by atoms with Crippen molar-refractivity contribution < 1.29 is 0 Å². The lowest BCUT2D eigenvalue weighted by atomic mass is 9.82. The average Bonchev–Trinajstić information content (AvgIpc) is 2.08. The van der Waals surface area contributed by atoms with Gasteiger partial charge in [-0.25, -0.2) is 0 Å². The van der Waals surface area contributed by atoms with Crippen molar-refractivity contribution in [3.8, 4) is 0 Å². The Labute approximate surface area is 75.7 Å². The maximum Gasteiger partial charge on any atom is -0.0247 e. The third kappa shape index (κ3) is 1.69. The molecule has 1 aliphatic rings. The Morgan fingerprint density at radius 1 is 1.42 bits per heavy atom. The molecule has 1 unspecified atom stereocenters. The third-order valence-corrected chi connectivity index (χ3v) is 2.69. The van der Waals surface area contributed by atoms with E-state index in [4.69, 9.17) is 0 Å². The van der Waals surface area contributed by atoms with Crippen LogP contribution in [-0.2, 0) is 0 Å². The van der Waals surface area contributed by atoms with Crippen LogP contribution in [0.15, 0.2) is 35.5 Å². The third-order valence-electron chi connectivity index (χ3n) is 2.69. The molecule has 0 aliphatic heterocycles. The molecule has 1 aliphatic carbocycles. The van der Waals surface area contributed by atoms with Crippen molar-refractivity contribution in [2.45, 2.75) is 33.6 Å². The molecule has 0 saturated heterocycles. The Kier molecular flexibility index (Phi) is 2.91. The van der Waals surface area contributed by atoms with Gasteiger partial charge in [0.05, 0.1) is 0 Å². The molecule has 12 heavy (non-hydrogen) atoms. The van der Waals surface area contributed by atoms with Gasteiger partial charge in [0.25, 0.3) is 0 Å². The molecule has 0 heteroatoms. The zero-order chi connectivity index (χ0) is 9.14. The second kappa shape index (κ2) is 3.75. The second-order valence-corrected chi connectivity index (χ2v) is 3.68. The van der Waals surface area contributed by atoms with E-state index >= 15 is 0 Å². The van der Waals surface area contributed by atoms with Crippen LogP contribution in [0.5, 0.6) is 0 Å². The van der Waals surface area contributed by atoms with Gasteiger partial charge in [-0.1, -0.05) is 25.7 Å². The summed E-state index contributed by atoms with van der Waals surface area (Å²) in [5.74, 6) is 0.785. The van der Waals surface area contributed by atoms with Crippen molar-refractivity contribution in [3.05, 3.63) is 35.5 Å². The first-order valence-electron chi connectivity index (χ1n) is 4.66. The van der Waals surface area contributed by atoms with E-state index in [1.54, 1.807) is 0 Å². The van der Waals surface area contributed by atoms with Crippen LogP contribution in [0.2, 0.25) is 0 Å². The Balaban J connectivity index is 3.01. The van der Waals surface area contributed by atoms with E-state index in [9.17, 15) is 0 Å². The van der Waals surface area contributed by atoms with Crippen LogP contribution < -0.4 is 0 Å². The van der Waals surface area contributed by atoms with E-state index in [2.05, 4.69) is 33.4 Å². The van der Waals surface area contributed by atoms with Crippen LogP contribution in [0.3, 0.4) is 0 Å². The Morgan fingerprint density at radius 2 is 2.08 bits per heavy atom. The molecule has 1 atom stereocenters. The first-order chi connectivity index (χ1) is 5.69. The van der Waals surface area contributed by atoms with Gasteiger partial charge in [-0.3, -0.25) is 0 Å². The topological polar surface area (TPSA) is 0 Å². The van der Waals surface area contributed by atoms with Crippen LogP contribution in [-0.4, -0.2) is 0 Å². The van der Waals surface area contributed by atoms with Gasteiger partial charge in [0.15, 0.2) is 0 Å². The summed E-state index contributed by atoms with van der Waals surface area (Å²) in [6, 6.07) is 0. The van der Waals surface area contributed by atoms with Gasteiger partial charge in [-0.05, 0) is 49.3 Å².